The number of phenols is 1. The molecular weight excluding hydrogens is 232 g/mol. The Hall–Kier alpha value is -1.75. The highest BCUT2D eigenvalue weighted by Crippen LogP contribution is 2.23. The van der Waals surface area contributed by atoms with E-state index >= 15 is 0 Å². The smallest absolute Gasteiger partial charge is 0.410 e. The summed E-state index contributed by atoms with van der Waals surface area (Å²) >= 11 is 0. The number of cyclic esters (lactones) is 1. The molecule has 0 saturated carbocycles. The lowest BCUT2D eigenvalue weighted by Gasteiger charge is -2.21. The zero-order valence-corrected chi connectivity index (χ0v) is 10.2. The zero-order chi connectivity index (χ0) is 13.0. The van der Waals surface area contributed by atoms with Crippen LogP contribution in [0.15, 0.2) is 24.3 Å². The third kappa shape index (κ3) is 2.73. The first-order chi connectivity index (χ1) is 8.72. The molecule has 18 heavy (non-hydrogen) atoms. The van der Waals surface area contributed by atoms with Gasteiger partial charge in [0.1, 0.15) is 12.4 Å². The normalized spacial score (nSPS) is 19.1. The first-order valence-electron chi connectivity index (χ1n) is 6.12. The van der Waals surface area contributed by atoms with Crippen LogP contribution in [0.5, 0.6) is 5.75 Å². The van der Waals surface area contributed by atoms with Gasteiger partial charge in [0, 0.05) is 5.56 Å². The van der Waals surface area contributed by atoms with Crippen LogP contribution < -0.4 is 5.73 Å². The zero-order valence-electron chi connectivity index (χ0n) is 10.2. The molecular formula is C13H18N2O3. The van der Waals surface area contributed by atoms with Crippen LogP contribution in [-0.2, 0) is 11.3 Å². The number of rotatable bonds is 5. The maximum atomic E-state index is 11.7. The number of carbonyl (C=O) groups is 1. The first kappa shape index (κ1) is 12.7. The van der Waals surface area contributed by atoms with Gasteiger partial charge < -0.3 is 15.6 Å². The van der Waals surface area contributed by atoms with Crippen molar-refractivity contribution in [1.29, 1.82) is 0 Å². The summed E-state index contributed by atoms with van der Waals surface area (Å²) in [5.74, 6) is 0.203. The molecule has 3 N–H and O–H groups in total. The number of hydrogen-bond donors (Lipinski definition) is 2. The highest BCUT2D eigenvalue weighted by Gasteiger charge is 2.32. The Kier molecular flexibility index (Phi) is 4.04. The van der Waals surface area contributed by atoms with Gasteiger partial charge in [0.2, 0.25) is 0 Å². The Bertz CT molecular complexity index is 422. The summed E-state index contributed by atoms with van der Waals surface area (Å²) in [6, 6.07) is 7.07. The fourth-order valence-corrected chi connectivity index (χ4v) is 2.10. The first-order valence-corrected chi connectivity index (χ1v) is 6.12. The van der Waals surface area contributed by atoms with E-state index in [1.54, 1.807) is 23.1 Å². The molecule has 5 heteroatoms. The van der Waals surface area contributed by atoms with E-state index in [0.29, 0.717) is 19.7 Å². The van der Waals surface area contributed by atoms with E-state index in [1.165, 1.54) is 0 Å². The monoisotopic (exact) mass is 250 g/mol. The van der Waals surface area contributed by atoms with Crippen LogP contribution in [0.25, 0.3) is 0 Å². The van der Waals surface area contributed by atoms with Crippen LogP contribution in [0.2, 0.25) is 0 Å². The van der Waals surface area contributed by atoms with Crippen LogP contribution in [0.3, 0.4) is 0 Å². The Balaban J connectivity index is 2.06. The summed E-state index contributed by atoms with van der Waals surface area (Å²) < 4.78 is 5.05. The summed E-state index contributed by atoms with van der Waals surface area (Å²) in [6.45, 7) is 1.39. The average molecular weight is 250 g/mol. The molecule has 1 aliphatic heterocycles. The summed E-state index contributed by atoms with van der Waals surface area (Å²) in [5.41, 5.74) is 6.21. The van der Waals surface area contributed by atoms with Crippen LogP contribution in [0, 0.1) is 0 Å². The van der Waals surface area contributed by atoms with Gasteiger partial charge in [-0.15, -0.1) is 0 Å². The second kappa shape index (κ2) is 5.73. The summed E-state index contributed by atoms with van der Waals surface area (Å²) in [5, 5.41) is 9.72. The van der Waals surface area contributed by atoms with Crippen molar-refractivity contribution < 1.29 is 14.6 Å². The van der Waals surface area contributed by atoms with E-state index in [2.05, 4.69) is 0 Å². The van der Waals surface area contributed by atoms with Crippen molar-refractivity contribution in [3.05, 3.63) is 29.8 Å². The minimum atomic E-state index is -0.319. The van der Waals surface area contributed by atoms with Gasteiger partial charge >= 0.3 is 6.09 Å². The molecule has 0 bridgehead atoms. The molecule has 0 aliphatic carbocycles. The molecule has 1 amide bonds. The minimum Gasteiger partial charge on any atom is -0.508 e. The number of phenolic OH excluding ortho intramolecular Hbond substituents is 1. The van der Waals surface area contributed by atoms with Crippen molar-refractivity contribution in [3.63, 3.8) is 0 Å². The Labute approximate surface area is 106 Å². The number of para-hydroxylation sites is 1. The SMILES string of the molecule is NCCCC1COC(=O)N1Cc1ccccc1O. The van der Waals surface area contributed by atoms with Crippen LogP contribution in [0.1, 0.15) is 18.4 Å². The number of nitrogens with zero attached hydrogens (tertiary/aromatic N) is 1. The molecule has 2 rings (SSSR count). The fraction of sp³-hybridized carbons (Fsp3) is 0.462. The van der Waals surface area contributed by atoms with Crippen LogP contribution in [-0.4, -0.2) is 35.3 Å². The van der Waals surface area contributed by atoms with Gasteiger partial charge in [-0.3, -0.25) is 4.90 Å². The molecule has 1 atom stereocenters. The van der Waals surface area contributed by atoms with Gasteiger partial charge in [-0.25, -0.2) is 4.79 Å². The van der Waals surface area contributed by atoms with Gasteiger partial charge in [-0.05, 0) is 25.5 Å². The lowest BCUT2D eigenvalue weighted by atomic mass is 10.1. The third-order valence-electron chi connectivity index (χ3n) is 3.15. The second-order valence-corrected chi connectivity index (χ2v) is 4.42. The molecule has 1 aliphatic rings. The second-order valence-electron chi connectivity index (χ2n) is 4.42. The number of nitrogens with two attached hydrogens (primary N) is 1. The Morgan fingerprint density at radius 2 is 2.22 bits per heavy atom. The van der Waals surface area contributed by atoms with E-state index in [9.17, 15) is 9.90 Å². The van der Waals surface area contributed by atoms with Gasteiger partial charge in [0.15, 0.2) is 0 Å². The number of ether oxygens (including phenoxy) is 1. The molecule has 0 aromatic heterocycles. The standard InChI is InChI=1S/C13H18N2O3/c14-7-3-5-11-9-18-13(17)15(11)8-10-4-1-2-6-12(10)16/h1-2,4,6,11,16H,3,5,7-9,14H2. The van der Waals surface area contributed by atoms with E-state index in [4.69, 9.17) is 10.5 Å². The molecule has 1 aromatic carbocycles. The summed E-state index contributed by atoms with van der Waals surface area (Å²) in [6.07, 6.45) is 1.37. The number of aromatic hydroxyl groups is 1. The van der Waals surface area contributed by atoms with Gasteiger partial charge in [-0.2, -0.15) is 0 Å². The molecule has 98 valence electrons. The average Bonchev–Trinajstić information content (AvgIpc) is 2.71. The number of hydrogen-bond acceptors (Lipinski definition) is 4. The van der Waals surface area contributed by atoms with Crippen LogP contribution in [0.4, 0.5) is 4.79 Å². The highest BCUT2D eigenvalue weighted by atomic mass is 16.6. The largest absolute Gasteiger partial charge is 0.508 e. The van der Waals surface area contributed by atoms with Crippen molar-refractivity contribution >= 4 is 6.09 Å². The third-order valence-corrected chi connectivity index (χ3v) is 3.15. The maximum absolute atomic E-state index is 11.7. The van der Waals surface area contributed by atoms with Crippen molar-refractivity contribution in [2.24, 2.45) is 5.73 Å². The van der Waals surface area contributed by atoms with E-state index in [1.807, 2.05) is 6.07 Å². The lowest BCUT2D eigenvalue weighted by molar-refractivity contribution is 0.155. The van der Waals surface area contributed by atoms with Crippen molar-refractivity contribution in [1.82, 2.24) is 4.90 Å². The number of benzene rings is 1. The van der Waals surface area contributed by atoms with Gasteiger partial charge in [-0.1, -0.05) is 18.2 Å². The minimum absolute atomic E-state index is 0.0562. The molecule has 0 spiro atoms. The summed E-state index contributed by atoms with van der Waals surface area (Å²) in [7, 11) is 0. The topological polar surface area (TPSA) is 75.8 Å². The number of amides is 1. The van der Waals surface area contributed by atoms with Gasteiger partial charge in [0.05, 0.1) is 12.6 Å². The Morgan fingerprint density at radius 1 is 1.44 bits per heavy atom. The van der Waals surface area contributed by atoms with Crippen molar-refractivity contribution in [2.75, 3.05) is 13.2 Å². The van der Waals surface area contributed by atoms with Gasteiger partial charge in [0.25, 0.3) is 0 Å². The molecule has 0 radical (unpaired) electrons. The maximum Gasteiger partial charge on any atom is 0.410 e. The van der Waals surface area contributed by atoms with Crippen LogP contribution >= 0.6 is 0 Å². The molecule has 1 saturated heterocycles. The highest BCUT2D eigenvalue weighted by molar-refractivity contribution is 5.70. The fourth-order valence-electron chi connectivity index (χ4n) is 2.10. The van der Waals surface area contributed by atoms with E-state index in [0.717, 1.165) is 18.4 Å². The Morgan fingerprint density at radius 3 is 2.94 bits per heavy atom. The van der Waals surface area contributed by atoms with E-state index < -0.39 is 0 Å². The molecule has 5 nitrogen and oxygen atoms in total. The van der Waals surface area contributed by atoms with Crippen molar-refractivity contribution in [2.45, 2.75) is 25.4 Å². The quantitative estimate of drug-likeness (QED) is 0.829. The lowest BCUT2D eigenvalue weighted by Crippen LogP contribution is -2.33. The molecule has 1 unspecified atom stereocenters. The van der Waals surface area contributed by atoms with Crippen molar-refractivity contribution in [3.8, 4) is 5.75 Å². The van der Waals surface area contributed by atoms with E-state index in [-0.39, 0.29) is 17.9 Å². The predicted molar refractivity (Wildman–Crippen MR) is 67.1 cm³/mol. The molecule has 1 aromatic rings. The molecule has 1 heterocycles. The number of carbonyl (C=O) groups excluding carboxylic acids is 1. The predicted octanol–water partition coefficient (Wildman–Crippen LogP) is 1.45. The summed E-state index contributed by atoms with van der Waals surface area (Å²) in [4.78, 5) is 13.3. The molecule has 1 fully saturated rings.